The summed E-state index contributed by atoms with van der Waals surface area (Å²) in [6.07, 6.45) is 1.94. The van der Waals surface area contributed by atoms with Crippen molar-refractivity contribution in [1.29, 1.82) is 0 Å². The first-order valence-electron chi connectivity index (χ1n) is 6.61. The second-order valence-corrected chi connectivity index (χ2v) is 5.62. The van der Waals surface area contributed by atoms with Gasteiger partial charge in [0.15, 0.2) is 0 Å². The van der Waals surface area contributed by atoms with Crippen molar-refractivity contribution in [2.45, 2.75) is 33.5 Å². The van der Waals surface area contributed by atoms with E-state index in [4.69, 9.17) is 0 Å². The Hall–Kier alpha value is -1.17. The van der Waals surface area contributed by atoms with Crippen molar-refractivity contribution in [1.82, 2.24) is 14.7 Å². The van der Waals surface area contributed by atoms with Gasteiger partial charge in [-0.05, 0) is 25.3 Å². The van der Waals surface area contributed by atoms with Crippen LogP contribution >= 0.6 is 11.3 Å². The molecule has 0 radical (unpaired) electrons. The highest BCUT2D eigenvalue weighted by Crippen LogP contribution is 2.16. The Bertz CT molecular complexity index is 493. The smallest absolute Gasteiger partial charge is 0.0558 e. The Labute approximate surface area is 118 Å². The number of rotatable bonds is 7. The number of hydrogen-bond acceptors (Lipinski definition) is 4. The summed E-state index contributed by atoms with van der Waals surface area (Å²) in [6.45, 7) is 7.70. The largest absolute Gasteiger partial charge is 0.395 e. The lowest BCUT2D eigenvalue weighted by atomic mass is 10.2. The quantitative estimate of drug-likeness (QED) is 0.845. The lowest BCUT2D eigenvalue weighted by Gasteiger charge is -2.20. The molecule has 2 heterocycles. The highest BCUT2D eigenvalue weighted by Gasteiger charge is 2.11. The van der Waals surface area contributed by atoms with Crippen molar-refractivity contribution in [3.63, 3.8) is 0 Å². The Kier molecular flexibility index (Phi) is 5.13. The van der Waals surface area contributed by atoms with E-state index in [-0.39, 0.29) is 6.61 Å². The first kappa shape index (κ1) is 14.2. The first-order chi connectivity index (χ1) is 9.24. The fourth-order valence-corrected chi connectivity index (χ4v) is 2.92. The van der Waals surface area contributed by atoms with Gasteiger partial charge in [-0.25, -0.2) is 0 Å². The molecule has 0 fully saturated rings. The second-order valence-electron chi connectivity index (χ2n) is 4.58. The zero-order valence-electron chi connectivity index (χ0n) is 11.5. The van der Waals surface area contributed by atoms with E-state index in [1.807, 2.05) is 10.9 Å². The van der Waals surface area contributed by atoms with Gasteiger partial charge in [0.05, 0.1) is 12.8 Å². The zero-order valence-corrected chi connectivity index (χ0v) is 12.4. The summed E-state index contributed by atoms with van der Waals surface area (Å²) in [5, 5.41) is 15.7. The van der Waals surface area contributed by atoms with Crippen LogP contribution in [0.25, 0.3) is 0 Å². The molecule has 0 aromatic carbocycles. The predicted octanol–water partition coefficient (Wildman–Crippen LogP) is 2.27. The van der Waals surface area contributed by atoms with E-state index in [2.05, 4.69) is 41.4 Å². The maximum Gasteiger partial charge on any atom is 0.0558 e. The molecule has 0 aliphatic rings. The van der Waals surface area contributed by atoms with Gasteiger partial charge in [-0.2, -0.15) is 5.10 Å². The molecule has 0 aliphatic heterocycles. The first-order valence-corrected chi connectivity index (χ1v) is 7.49. The van der Waals surface area contributed by atoms with Crippen molar-refractivity contribution in [2.75, 3.05) is 13.2 Å². The molecule has 2 aromatic heterocycles. The van der Waals surface area contributed by atoms with Crippen LogP contribution in [0.5, 0.6) is 0 Å². The van der Waals surface area contributed by atoms with E-state index in [1.165, 1.54) is 16.1 Å². The number of hydrogen-bond donors (Lipinski definition) is 1. The minimum absolute atomic E-state index is 0.187. The molecule has 0 spiro atoms. The van der Waals surface area contributed by atoms with Gasteiger partial charge >= 0.3 is 0 Å². The van der Waals surface area contributed by atoms with Crippen LogP contribution in [-0.4, -0.2) is 32.9 Å². The van der Waals surface area contributed by atoms with Gasteiger partial charge in [-0.15, -0.1) is 11.3 Å². The normalized spacial score (nSPS) is 11.4. The molecule has 104 valence electrons. The molecule has 19 heavy (non-hydrogen) atoms. The molecular formula is C14H21N3OS. The molecule has 0 saturated heterocycles. The number of aliphatic hydroxyl groups is 1. The highest BCUT2D eigenvalue weighted by molar-refractivity contribution is 7.09. The maximum atomic E-state index is 9.20. The summed E-state index contributed by atoms with van der Waals surface area (Å²) in [4.78, 5) is 3.59. The topological polar surface area (TPSA) is 41.3 Å². The standard InChI is InChI=1S/C14H21N3OS/c1-3-17-12(2)13(9-15-17)10-16(6-7-18)11-14-5-4-8-19-14/h4-5,8-9,18H,3,6-7,10-11H2,1-2H3. The summed E-state index contributed by atoms with van der Waals surface area (Å²) in [5.74, 6) is 0. The van der Waals surface area contributed by atoms with Crippen LogP contribution in [-0.2, 0) is 19.6 Å². The number of aromatic nitrogens is 2. The fourth-order valence-electron chi connectivity index (χ4n) is 2.18. The minimum Gasteiger partial charge on any atom is -0.395 e. The third-order valence-electron chi connectivity index (χ3n) is 3.27. The van der Waals surface area contributed by atoms with Crippen LogP contribution in [0.3, 0.4) is 0 Å². The van der Waals surface area contributed by atoms with Gasteiger partial charge in [-0.1, -0.05) is 6.07 Å². The summed E-state index contributed by atoms with van der Waals surface area (Å²) < 4.78 is 2.01. The lowest BCUT2D eigenvalue weighted by Crippen LogP contribution is -2.25. The average molecular weight is 279 g/mol. The van der Waals surface area contributed by atoms with Crippen molar-refractivity contribution in [2.24, 2.45) is 0 Å². The van der Waals surface area contributed by atoms with E-state index in [0.717, 1.165) is 19.6 Å². The van der Waals surface area contributed by atoms with E-state index in [0.29, 0.717) is 6.54 Å². The molecule has 0 unspecified atom stereocenters. The maximum absolute atomic E-state index is 9.20. The molecule has 5 heteroatoms. The van der Waals surface area contributed by atoms with Crippen LogP contribution in [0.1, 0.15) is 23.1 Å². The van der Waals surface area contributed by atoms with Crippen LogP contribution in [0.4, 0.5) is 0 Å². The SMILES string of the molecule is CCn1ncc(CN(CCO)Cc2cccs2)c1C. The number of thiophene rings is 1. The van der Waals surface area contributed by atoms with Crippen LogP contribution in [0, 0.1) is 6.92 Å². The summed E-state index contributed by atoms with van der Waals surface area (Å²) in [5.41, 5.74) is 2.46. The molecule has 0 amide bonds. The number of aryl methyl sites for hydroxylation is 1. The summed E-state index contributed by atoms with van der Waals surface area (Å²) >= 11 is 1.76. The van der Waals surface area contributed by atoms with Gasteiger partial charge in [0.1, 0.15) is 0 Å². The third-order valence-corrected chi connectivity index (χ3v) is 4.14. The van der Waals surface area contributed by atoms with Crippen LogP contribution in [0.2, 0.25) is 0 Å². The van der Waals surface area contributed by atoms with Gasteiger partial charge in [-0.3, -0.25) is 9.58 Å². The highest BCUT2D eigenvalue weighted by atomic mass is 32.1. The minimum atomic E-state index is 0.187. The van der Waals surface area contributed by atoms with E-state index >= 15 is 0 Å². The van der Waals surface area contributed by atoms with E-state index in [1.54, 1.807) is 11.3 Å². The van der Waals surface area contributed by atoms with Crippen molar-refractivity contribution >= 4 is 11.3 Å². The summed E-state index contributed by atoms with van der Waals surface area (Å²) in [6, 6.07) is 4.20. The van der Waals surface area contributed by atoms with E-state index in [9.17, 15) is 5.11 Å². The molecule has 1 N–H and O–H groups in total. The lowest BCUT2D eigenvalue weighted by molar-refractivity contribution is 0.185. The molecule has 4 nitrogen and oxygen atoms in total. The van der Waals surface area contributed by atoms with Crippen LogP contribution in [0.15, 0.2) is 23.7 Å². The third kappa shape index (κ3) is 3.65. The Morgan fingerprint density at radius 1 is 1.42 bits per heavy atom. The predicted molar refractivity (Wildman–Crippen MR) is 78.2 cm³/mol. The van der Waals surface area contributed by atoms with Gasteiger partial charge in [0.2, 0.25) is 0 Å². The van der Waals surface area contributed by atoms with Crippen molar-refractivity contribution in [3.8, 4) is 0 Å². The van der Waals surface area contributed by atoms with E-state index < -0.39 is 0 Å². The number of nitrogens with zero attached hydrogens (tertiary/aromatic N) is 3. The van der Waals surface area contributed by atoms with Gasteiger partial charge < -0.3 is 5.11 Å². The Balaban J connectivity index is 2.05. The molecule has 0 atom stereocenters. The number of aliphatic hydroxyl groups excluding tert-OH is 1. The second kappa shape index (κ2) is 6.84. The monoisotopic (exact) mass is 279 g/mol. The Morgan fingerprint density at radius 3 is 2.84 bits per heavy atom. The van der Waals surface area contributed by atoms with Crippen LogP contribution < -0.4 is 0 Å². The Morgan fingerprint density at radius 2 is 2.26 bits per heavy atom. The van der Waals surface area contributed by atoms with Gasteiger partial charge in [0.25, 0.3) is 0 Å². The zero-order chi connectivity index (χ0) is 13.7. The molecule has 0 aliphatic carbocycles. The van der Waals surface area contributed by atoms with Crippen molar-refractivity contribution < 1.29 is 5.11 Å². The molecule has 0 saturated carbocycles. The van der Waals surface area contributed by atoms with Crippen molar-refractivity contribution in [3.05, 3.63) is 39.8 Å². The summed E-state index contributed by atoms with van der Waals surface area (Å²) in [7, 11) is 0. The fraction of sp³-hybridized carbons (Fsp3) is 0.500. The molecule has 2 rings (SSSR count). The van der Waals surface area contributed by atoms with Gasteiger partial charge in [0, 0.05) is 42.3 Å². The molecule has 2 aromatic rings. The molecule has 0 bridgehead atoms. The molecular weight excluding hydrogens is 258 g/mol. The average Bonchev–Trinajstić information content (AvgIpc) is 3.01.